The zero-order valence-corrected chi connectivity index (χ0v) is 14.3. The van der Waals surface area contributed by atoms with Crippen molar-refractivity contribution < 1.29 is 4.79 Å². The van der Waals surface area contributed by atoms with Gasteiger partial charge in [-0.2, -0.15) is 0 Å². The fourth-order valence-electron chi connectivity index (χ4n) is 2.61. The third kappa shape index (κ3) is 3.41. The zero-order chi connectivity index (χ0) is 16.2. The van der Waals surface area contributed by atoms with E-state index in [1.807, 2.05) is 18.2 Å². The van der Waals surface area contributed by atoms with Crippen molar-refractivity contribution >= 4 is 30.1 Å². The number of aldehydes is 1. The maximum atomic E-state index is 11.5. The van der Waals surface area contributed by atoms with Gasteiger partial charge >= 0.3 is 0 Å². The van der Waals surface area contributed by atoms with Gasteiger partial charge in [-0.05, 0) is 37.7 Å². The van der Waals surface area contributed by atoms with Gasteiger partial charge in [0.1, 0.15) is 0 Å². The van der Waals surface area contributed by atoms with E-state index in [-0.39, 0.29) is 0 Å². The van der Waals surface area contributed by atoms with Gasteiger partial charge in [-0.15, -0.1) is 0 Å². The molecule has 3 aromatic carbocycles. The molecule has 23 heavy (non-hydrogen) atoms. The highest BCUT2D eigenvalue weighted by Crippen LogP contribution is 2.33. The van der Waals surface area contributed by atoms with Crippen molar-refractivity contribution in [1.82, 2.24) is 0 Å². The van der Waals surface area contributed by atoms with Crippen molar-refractivity contribution in [1.29, 1.82) is 0 Å². The van der Waals surface area contributed by atoms with Crippen molar-refractivity contribution in [3.8, 4) is 0 Å². The molecule has 0 saturated carbocycles. The molecule has 0 unspecified atom stereocenters. The molecule has 3 aromatic rings. The summed E-state index contributed by atoms with van der Waals surface area (Å²) in [4.78, 5) is 11.5. The quantitative estimate of drug-likeness (QED) is 0.527. The van der Waals surface area contributed by atoms with Crippen LogP contribution in [-0.4, -0.2) is 6.29 Å². The molecular formula is C21H19OP. The van der Waals surface area contributed by atoms with Crippen LogP contribution in [0.2, 0.25) is 0 Å². The number of rotatable bonds is 4. The van der Waals surface area contributed by atoms with Crippen molar-refractivity contribution in [2.75, 3.05) is 0 Å². The van der Waals surface area contributed by atoms with Crippen LogP contribution >= 0.6 is 7.92 Å². The lowest BCUT2D eigenvalue weighted by Crippen LogP contribution is -2.23. The molecule has 0 N–H and O–H groups in total. The van der Waals surface area contributed by atoms with Crippen LogP contribution in [0.15, 0.2) is 72.8 Å². The molecule has 0 radical (unpaired) electrons. The number of benzene rings is 3. The summed E-state index contributed by atoms with van der Waals surface area (Å²) in [5.41, 5.74) is 3.27. The van der Waals surface area contributed by atoms with E-state index in [0.717, 1.165) is 17.2 Å². The van der Waals surface area contributed by atoms with Gasteiger partial charge in [-0.25, -0.2) is 0 Å². The highest BCUT2D eigenvalue weighted by atomic mass is 31.1. The number of carbonyl (C=O) groups excluding carboxylic acids is 1. The Hall–Kier alpha value is -2.24. The van der Waals surface area contributed by atoms with Crippen molar-refractivity contribution in [3.63, 3.8) is 0 Å². The minimum absolute atomic E-state index is 0.729. The summed E-state index contributed by atoms with van der Waals surface area (Å²) in [6.07, 6.45) is 0.965. The van der Waals surface area contributed by atoms with Gasteiger partial charge in [-0.3, -0.25) is 4.79 Å². The molecule has 0 aliphatic carbocycles. The molecule has 0 heterocycles. The number of carbonyl (C=O) groups is 1. The Kier molecular flexibility index (Phi) is 4.69. The van der Waals surface area contributed by atoms with Crippen LogP contribution in [-0.2, 0) is 0 Å². The molecule has 0 spiro atoms. The molecule has 2 heteroatoms. The minimum Gasteiger partial charge on any atom is -0.298 e. The summed E-state index contributed by atoms with van der Waals surface area (Å²) in [5.74, 6) is 0. The molecule has 1 nitrogen and oxygen atoms in total. The number of aryl methyl sites for hydroxylation is 2. The number of hydrogen-bond donors (Lipinski definition) is 0. The lowest BCUT2D eigenvalue weighted by Gasteiger charge is -2.21. The lowest BCUT2D eigenvalue weighted by molar-refractivity contribution is 0.112. The van der Waals surface area contributed by atoms with Gasteiger partial charge in [0.2, 0.25) is 0 Å². The van der Waals surface area contributed by atoms with Crippen LogP contribution in [0.25, 0.3) is 0 Å². The first-order valence-electron chi connectivity index (χ1n) is 7.67. The van der Waals surface area contributed by atoms with E-state index in [2.05, 4.69) is 68.4 Å². The van der Waals surface area contributed by atoms with Crippen LogP contribution < -0.4 is 15.9 Å². The van der Waals surface area contributed by atoms with Crippen LogP contribution in [0.4, 0.5) is 0 Å². The van der Waals surface area contributed by atoms with E-state index in [9.17, 15) is 4.79 Å². The monoisotopic (exact) mass is 318 g/mol. The van der Waals surface area contributed by atoms with Crippen molar-refractivity contribution in [2.45, 2.75) is 13.8 Å². The van der Waals surface area contributed by atoms with E-state index in [4.69, 9.17) is 0 Å². The second-order valence-electron chi connectivity index (χ2n) is 5.68. The summed E-state index contributed by atoms with van der Waals surface area (Å²) in [6, 6.07) is 25.2. The summed E-state index contributed by atoms with van der Waals surface area (Å²) in [6.45, 7) is 4.19. The first-order valence-corrected chi connectivity index (χ1v) is 9.01. The second-order valence-corrected chi connectivity index (χ2v) is 7.87. The van der Waals surface area contributed by atoms with E-state index in [0.29, 0.717) is 0 Å². The first-order chi connectivity index (χ1) is 11.2. The Labute approximate surface area is 138 Å². The van der Waals surface area contributed by atoms with Crippen molar-refractivity contribution in [3.05, 3.63) is 89.5 Å². The Morgan fingerprint density at radius 1 is 0.696 bits per heavy atom. The van der Waals surface area contributed by atoms with Crippen molar-refractivity contribution in [2.24, 2.45) is 0 Å². The molecule has 0 aliphatic heterocycles. The zero-order valence-electron chi connectivity index (χ0n) is 13.4. The molecule has 114 valence electrons. The Balaban J connectivity index is 2.19. The Morgan fingerprint density at radius 3 is 1.65 bits per heavy atom. The fraction of sp³-hybridized carbons (Fsp3) is 0.0952. The van der Waals surface area contributed by atoms with Gasteiger partial charge in [0, 0.05) is 5.56 Å². The summed E-state index contributed by atoms with van der Waals surface area (Å²) >= 11 is 0. The molecule has 0 bridgehead atoms. The topological polar surface area (TPSA) is 17.1 Å². The SMILES string of the molecule is Cc1ccc(P(c2ccc(C)cc2)c2ccccc2C=O)cc1. The van der Waals surface area contributed by atoms with E-state index in [1.165, 1.54) is 21.7 Å². The van der Waals surface area contributed by atoms with Crippen LogP contribution in [0.1, 0.15) is 21.5 Å². The Bertz CT molecular complexity index is 759. The van der Waals surface area contributed by atoms with Gasteiger partial charge in [-0.1, -0.05) is 83.9 Å². The molecule has 0 aromatic heterocycles. The molecule has 0 aliphatic rings. The first kappa shape index (κ1) is 15.6. The average Bonchev–Trinajstić information content (AvgIpc) is 2.59. The highest BCUT2D eigenvalue weighted by Gasteiger charge is 2.19. The lowest BCUT2D eigenvalue weighted by atomic mass is 10.2. The van der Waals surface area contributed by atoms with E-state index in [1.54, 1.807) is 0 Å². The molecule has 0 atom stereocenters. The van der Waals surface area contributed by atoms with Gasteiger partial charge < -0.3 is 0 Å². The maximum absolute atomic E-state index is 11.5. The fourth-order valence-corrected chi connectivity index (χ4v) is 4.98. The summed E-state index contributed by atoms with van der Waals surface area (Å²) in [7, 11) is -0.729. The largest absolute Gasteiger partial charge is 0.298 e. The third-order valence-electron chi connectivity index (χ3n) is 3.89. The van der Waals surface area contributed by atoms with Crippen LogP contribution in [0, 0.1) is 13.8 Å². The number of hydrogen-bond acceptors (Lipinski definition) is 1. The predicted molar refractivity (Wildman–Crippen MR) is 100 cm³/mol. The Morgan fingerprint density at radius 2 is 1.17 bits per heavy atom. The van der Waals surface area contributed by atoms with Gasteiger partial charge in [0.25, 0.3) is 0 Å². The van der Waals surface area contributed by atoms with Gasteiger partial charge in [0.05, 0.1) is 0 Å². The smallest absolute Gasteiger partial charge is 0.150 e. The molecule has 0 amide bonds. The highest BCUT2D eigenvalue weighted by molar-refractivity contribution is 7.80. The van der Waals surface area contributed by atoms with Crippen LogP contribution in [0.3, 0.4) is 0 Å². The standard InChI is InChI=1S/C21H19OP/c1-16-7-11-19(12-8-16)23(20-13-9-17(2)10-14-20)21-6-4-3-5-18(21)15-22/h3-15H,1-2H3. The van der Waals surface area contributed by atoms with Crippen LogP contribution in [0.5, 0.6) is 0 Å². The second kappa shape index (κ2) is 6.89. The summed E-state index contributed by atoms with van der Waals surface area (Å²) in [5, 5.41) is 3.65. The van der Waals surface area contributed by atoms with E-state index >= 15 is 0 Å². The van der Waals surface area contributed by atoms with Gasteiger partial charge in [0.15, 0.2) is 6.29 Å². The molecule has 3 rings (SSSR count). The minimum atomic E-state index is -0.729. The molecule has 0 fully saturated rings. The average molecular weight is 318 g/mol. The predicted octanol–water partition coefficient (Wildman–Crippen LogP) is 3.87. The normalized spacial score (nSPS) is 10.7. The van der Waals surface area contributed by atoms with E-state index < -0.39 is 7.92 Å². The summed E-state index contributed by atoms with van der Waals surface area (Å²) < 4.78 is 0. The molecule has 0 saturated heterocycles. The maximum Gasteiger partial charge on any atom is 0.150 e. The molecular weight excluding hydrogens is 299 g/mol. The third-order valence-corrected chi connectivity index (χ3v) is 6.41.